The van der Waals surface area contributed by atoms with Crippen molar-refractivity contribution >= 4 is 22.8 Å². The average molecular weight is 414 g/mol. The van der Waals surface area contributed by atoms with Gasteiger partial charge in [0.2, 0.25) is 0 Å². The predicted octanol–water partition coefficient (Wildman–Crippen LogP) is 3.19. The number of amides is 1. The van der Waals surface area contributed by atoms with Gasteiger partial charge in [0.15, 0.2) is 0 Å². The van der Waals surface area contributed by atoms with Gasteiger partial charge in [-0.3, -0.25) is 9.78 Å². The monoisotopic (exact) mass is 414 g/mol. The zero-order valence-electron chi connectivity index (χ0n) is 16.6. The zero-order valence-corrected chi connectivity index (χ0v) is 16.6. The van der Waals surface area contributed by atoms with Gasteiger partial charge in [-0.15, -0.1) is 0 Å². The lowest BCUT2D eigenvalue weighted by atomic mass is 10.1. The van der Waals surface area contributed by atoms with Crippen LogP contribution in [0.25, 0.3) is 22.3 Å². The van der Waals surface area contributed by atoms with Gasteiger partial charge < -0.3 is 9.80 Å². The first-order chi connectivity index (χ1) is 15.2. The van der Waals surface area contributed by atoms with Gasteiger partial charge in [0.05, 0.1) is 22.9 Å². The van der Waals surface area contributed by atoms with Crippen molar-refractivity contribution in [3.63, 3.8) is 0 Å². The van der Waals surface area contributed by atoms with Crippen molar-refractivity contribution in [3.8, 4) is 11.3 Å². The fourth-order valence-electron chi connectivity index (χ4n) is 3.66. The highest BCUT2D eigenvalue weighted by Gasteiger charge is 2.24. The minimum absolute atomic E-state index is 0.118. The van der Waals surface area contributed by atoms with Crippen LogP contribution in [0.1, 0.15) is 10.5 Å². The molecule has 1 amide bonds. The Bertz CT molecular complexity index is 1240. The fraction of sp³-hybridized carbons (Fsp3) is 0.174. The largest absolute Gasteiger partial charge is 0.353 e. The van der Waals surface area contributed by atoms with Crippen LogP contribution in [0.5, 0.6) is 0 Å². The van der Waals surface area contributed by atoms with Crippen LogP contribution >= 0.6 is 0 Å². The van der Waals surface area contributed by atoms with E-state index in [-0.39, 0.29) is 11.7 Å². The number of carbonyl (C=O) groups excluding carboxylic acids is 1. The average Bonchev–Trinajstić information content (AvgIpc) is 2.84. The quantitative estimate of drug-likeness (QED) is 0.513. The molecular weight excluding hydrogens is 395 g/mol. The molecule has 4 aromatic rings. The van der Waals surface area contributed by atoms with E-state index >= 15 is 0 Å². The number of hydrogen-bond acceptors (Lipinski definition) is 6. The molecule has 2 aromatic carbocycles. The van der Waals surface area contributed by atoms with Crippen LogP contribution in [-0.2, 0) is 0 Å². The Kier molecular flexibility index (Phi) is 4.95. The Hall–Kier alpha value is -3.94. The molecule has 1 aliphatic rings. The molecule has 0 aliphatic carbocycles. The zero-order chi connectivity index (χ0) is 21.2. The number of para-hydroxylation sites is 2. The molecule has 0 radical (unpaired) electrons. The third-order valence-electron chi connectivity index (χ3n) is 5.35. The van der Waals surface area contributed by atoms with Crippen molar-refractivity contribution in [1.29, 1.82) is 0 Å². The highest BCUT2D eigenvalue weighted by Crippen LogP contribution is 2.22. The standard InChI is InChI=1S/C23H19FN6O/c24-17-7-5-16(6-8-17)20-13-22(27-15-26-20)29-9-11-30(12-10-29)23(31)21-14-25-18-3-1-2-4-19(18)28-21/h1-8,13-15H,9-12H2. The second-order valence-corrected chi connectivity index (χ2v) is 7.29. The lowest BCUT2D eigenvalue weighted by Gasteiger charge is -2.35. The number of nitrogens with zero attached hydrogens (tertiary/aromatic N) is 6. The third kappa shape index (κ3) is 3.92. The summed E-state index contributed by atoms with van der Waals surface area (Å²) in [6.07, 6.45) is 3.05. The van der Waals surface area contributed by atoms with E-state index in [1.165, 1.54) is 24.7 Å². The second-order valence-electron chi connectivity index (χ2n) is 7.29. The van der Waals surface area contributed by atoms with E-state index in [1.807, 2.05) is 30.3 Å². The number of anilines is 1. The molecule has 3 heterocycles. The molecule has 1 aliphatic heterocycles. The van der Waals surface area contributed by atoms with Crippen LogP contribution in [0.15, 0.2) is 67.1 Å². The molecule has 154 valence electrons. The molecule has 0 N–H and O–H groups in total. The summed E-state index contributed by atoms with van der Waals surface area (Å²) in [4.78, 5) is 34.3. The van der Waals surface area contributed by atoms with E-state index in [9.17, 15) is 9.18 Å². The Morgan fingerprint density at radius 3 is 2.39 bits per heavy atom. The highest BCUT2D eigenvalue weighted by atomic mass is 19.1. The smallest absolute Gasteiger partial charge is 0.274 e. The third-order valence-corrected chi connectivity index (χ3v) is 5.35. The number of benzene rings is 2. The summed E-state index contributed by atoms with van der Waals surface area (Å²) < 4.78 is 13.2. The van der Waals surface area contributed by atoms with Crippen molar-refractivity contribution in [2.45, 2.75) is 0 Å². The Morgan fingerprint density at radius 2 is 1.61 bits per heavy atom. The summed E-state index contributed by atoms with van der Waals surface area (Å²) in [7, 11) is 0. The van der Waals surface area contributed by atoms with E-state index in [2.05, 4.69) is 24.8 Å². The number of piperazine rings is 1. The van der Waals surface area contributed by atoms with Crippen LogP contribution in [0.4, 0.5) is 10.2 Å². The molecule has 31 heavy (non-hydrogen) atoms. The molecule has 1 saturated heterocycles. The lowest BCUT2D eigenvalue weighted by Crippen LogP contribution is -2.49. The topological polar surface area (TPSA) is 75.1 Å². The summed E-state index contributed by atoms with van der Waals surface area (Å²) >= 11 is 0. The highest BCUT2D eigenvalue weighted by molar-refractivity contribution is 5.94. The van der Waals surface area contributed by atoms with Crippen LogP contribution in [-0.4, -0.2) is 56.9 Å². The molecule has 0 atom stereocenters. The maximum atomic E-state index is 13.2. The number of hydrogen-bond donors (Lipinski definition) is 0. The molecule has 2 aromatic heterocycles. The van der Waals surface area contributed by atoms with Crippen LogP contribution in [0.3, 0.4) is 0 Å². The van der Waals surface area contributed by atoms with Gasteiger partial charge in [0, 0.05) is 37.8 Å². The number of rotatable bonds is 3. The maximum absolute atomic E-state index is 13.2. The first-order valence-electron chi connectivity index (χ1n) is 10.0. The molecule has 1 fully saturated rings. The lowest BCUT2D eigenvalue weighted by molar-refractivity contribution is 0.0740. The van der Waals surface area contributed by atoms with E-state index in [0.717, 1.165) is 22.6 Å². The van der Waals surface area contributed by atoms with Crippen LogP contribution < -0.4 is 4.90 Å². The SMILES string of the molecule is O=C(c1cnc2ccccc2n1)N1CCN(c2cc(-c3ccc(F)cc3)ncn2)CC1. The number of fused-ring (bicyclic) bond motifs is 1. The van der Waals surface area contributed by atoms with Crippen molar-refractivity contribution in [2.75, 3.05) is 31.1 Å². The Balaban J connectivity index is 1.28. The summed E-state index contributed by atoms with van der Waals surface area (Å²) in [6.45, 7) is 2.41. The van der Waals surface area contributed by atoms with Gasteiger partial charge >= 0.3 is 0 Å². The minimum Gasteiger partial charge on any atom is -0.353 e. The van der Waals surface area contributed by atoms with Crippen molar-refractivity contribution < 1.29 is 9.18 Å². The van der Waals surface area contributed by atoms with Crippen molar-refractivity contribution in [1.82, 2.24) is 24.8 Å². The molecule has 0 bridgehead atoms. The van der Waals surface area contributed by atoms with Crippen molar-refractivity contribution in [3.05, 3.63) is 78.6 Å². The number of carbonyl (C=O) groups is 1. The maximum Gasteiger partial charge on any atom is 0.274 e. The molecule has 0 unspecified atom stereocenters. The van der Waals surface area contributed by atoms with Gasteiger partial charge in [-0.25, -0.2) is 19.3 Å². The van der Waals surface area contributed by atoms with E-state index in [1.54, 1.807) is 17.0 Å². The Morgan fingerprint density at radius 1 is 0.871 bits per heavy atom. The first kappa shape index (κ1) is 19.0. The van der Waals surface area contributed by atoms with Gasteiger partial charge in [-0.05, 0) is 36.4 Å². The predicted molar refractivity (Wildman–Crippen MR) is 115 cm³/mol. The van der Waals surface area contributed by atoms with E-state index in [0.29, 0.717) is 37.4 Å². The van der Waals surface area contributed by atoms with E-state index < -0.39 is 0 Å². The van der Waals surface area contributed by atoms with Crippen molar-refractivity contribution in [2.24, 2.45) is 0 Å². The molecule has 0 spiro atoms. The molecule has 8 heteroatoms. The normalized spacial score (nSPS) is 14.1. The Labute approximate surface area is 178 Å². The number of halogens is 1. The molecular formula is C23H19FN6O. The number of aromatic nitrogens is 4. The van der Waals surface area contributed by atoms with Crippen LogP contribution in [0, 0.1) is 5.82 Å². The molecule has 0 saturated carbocycles. The van der Waals surface area contributed by atoms with Crippen LogP contribution in [0.2, 0.25) is 0 Å². The van der Waals surface area contributed by atoms with E-state index in [4.69, 9.17) is 0 Å². The van der Waals surface area contributed by atoms with Gasteiger partial charge in [-0.2, -0.15) is 0 Å². The minimum atomic E-state index is -0.282. The summed E-state index contributed by atoms with van der Waals surface area (Å²) in [5.74, 6) is 0.384. The summed E-state index contributed by atoms with van der Waals surface area (Å²) in [5.41, 5.74) is 3.39. The van der Waals surface area contributed by atoms with Gasteiger partial charge in [0.25, 0.3) is 5.91 Å². The fourth-order valence-corrected chi connectivity index (χ4v) is 3.66. The molecule has 7 nitrogen and oxygen atoms in total. The second kappa shape index (κ2) is 8.06. The van der Waals surface area contributed by atoms with Gasteiger partial charge in [-0.1, -0.05) is 12.1 Å². The van der Waals surface area contributed by atoms with Gasteiger partial charge in [0.1, 0.15) is 23.7 Å². The first-order valence-corrected chi connectivity index (χ1v) is 10.0. The summed E-state index contributed by atoms with van der Waals surface area (Å²) in [5, 5.41) is 0. The summed E-state index contributed by atoms with van der Waals surface area (Å²) in [6, 6.07) is 15.6. The molecule has 5 rings (SSSR count).